The molecule has 1 aliphatic heterocycles. The summed E-state index contributed by atoms with van der Waals surface area (Å²) in [4.78, 5) is 14.0. The van der Waals surface area contributed by atoms with Gasteiger partial charge in [-0.25, -0.2) is 8.42 Å². The number of nitrogens with one attached hydrogen (secondary N) is 2. The van der Waals surface area contributed by atoms with Gasteiger partial charge in [-0.1, -0.05) is 52.5 Å². The number of hydrogen-bond donors (Lipinski definition) is 2. The van der Waals surface area contributed by atoms with E-state index in [9.17, 15) is 13.2 Å². The van der Waals surface area contributed by atoms with E-state index in [1.54, 1.807) is 31.2 Å². The Balaban J connectivity index is 1.62. The van der Waals surface area contributed by atoms with Crippen molar-refractivity contribution >= 4 is 56.4 Å². The molecule has 1 fully saturated rings. The molecule has 30 heavy (non-hydrogen) atoms. The molecule has 6 nitrogen and oxygen atoms in total. The van der Waals surface area contributed by atoms with Crippen LogP contribution in [0.3, 0.4) is 0 Å². The van der Waals surface area contributed by atoms with E-state index in [0.29, 0.717) is 46.9 Å². The van der Waals surface area contributed by atoms with Gasteiger partial charge in [0.15, 0.2) is 6.04 Å². The Morgan fingerprint density at radius 1 is 1.03 bits per heavy atom. The summed E-state index contributed by atoms with van der Waals surface area (Å²) in [5.74, 6) is -0.222. The predicted octanol–water partition coefficient (Wildman–Crippen LogP) is 2.87. The van der Waals surface area contributed by atoms with E-state index in [1.165, 1.54) is 16.4 Å². The van der Waals surface area contributed by atoms with Crippen LogP contribution in [0.4, 0.5) is 5.69 Å². The molecular formula is C20H23Cl3N3O3S+. The first-order chi connectivity index (χ1) is 14.1. The van der Waals surface area contributed by atoms with Crippen LogP contribution < -0.4 is 10.2 Å². The number of benzene rings is 2. The van der Waals surface area contributed by atoms with Crippen molar-refractivity contribution in [3.8, 4) is 0 Å². The van der Waals surface area contributed by atoms with Crippen molar-refractivity contribution < 1.29 is 18.1 Å². The van der Waals surface area contributed by atoms with Gasteiger partial charge < -0.3 is 10.2 Å². The predicted molar refractivity (Wildman–Crippen MR) is 120 cm³/mol. The second kappa shape index (κ2) is 9.42. The smallest absolute Gasteiger partial charge is 0.282 e. The maximum atomic E-state index is 12.8. The van der Waals surface area contributed by atoms with Crippen LogP contribution in [0, 0.1) is 6.92 Å². The summed E-state index contributed by atoms with van der Waals surface area (Å²) in [5, 5.41) is 3.69. The molecule has 0 radical (unpaired) electrons. The summed E-state index contributed by atoms with van der Waals surface area (Å²) in [7, 11) is -3.54. The molecule has 2 N–H and O–H groups in total. The summed E-state index contributed by atoms with van der Waals surface area (Å²) in [6.07, 6.45) is 0. The fourth-order valence-electron chi connectivity index (χ4n) is 3.35. The minimum Gasteiger partial charge on any atom is -0.323 e. The summed E-state index contributed by atoms with van der Waals surface area (Å²) < 4.78 is 27.2. The summed E-state index contributed by atoms with van der Waals surface area (Å²) in [5.41, 5.74) is 1.40. The lowest BCUT2D eigenvalue weighted by atomic mass is 10.2. The number of carbonyl (C=O) groups excluding carboxylic acids is 1. The molecule has 0 spiro atoms. The van der Waals surface area contributed by atoms with Gasteiger partial charge >= 0.3 is 0 Å². The van der Waals surface area contributed by atoms with Crippen LogP contribution in [0.1, 0.15) is 12.5 Å². The second-order valence-electron chi connectivity index (χ2n) is 7.33. The number of hydrogen-bond acceptors (Lipinski definition) is 3. The van der Waals surface area contributed by atoms with Crippen LogP contribution in [0.5, 0.6) is 0 Å². The van der Waals surface area contributed by atoms with Gasteiger partial charge in [0.25, 0.3) is 5.91 Å². The number of aryl methyl sites for hydroxylation is 1. The highest BCUT2D eigenvalue weighted by Crippen LogP contribution is 2.32. The molecule has 1 atom stereocenters. The Hall–Kier alpha value is -1.35. The molecule has 0 aliphatic carbocycles. The molecule has 1 saturated heterocycles. The lowest BCUT2D eigenvalue weighted by Gasteiger charge is -2.34. The molecule has 2 aromatic carbocycles. The highest BCUT2D eigenvalue weighted by atomic mass is 35.5. The Kier molecular flexibility index (Phi) is 7.32. The van der Waals surface area contributed by atoms with Gasteiger partial charge in [-0.3, -0.25) is 4.79 Å². The quantitative estimate of drug-likeness (QED) is 0.632. The number of sulfonamides is 1. The van der Waals surface area contributed by atoms with Crippen LogP contribution >= 0.6 is 34.8 Å². The van der Waals surface area contributed by atoms with Gasteiger partial charge in [0.05, 0.1) is 51.8 Å². The van der Waals surface area contributed by atoms with Gasteiger partial charge in [0.1, 0.15) is 0 Å². The van der Waals surface area contributed by atoms with Gasteiger partial charge in [-0.15, -0.1) is 0 Å². The van der Waals surface area contributed by atoms with Crippen LogP contribution in [-0.4, -0.2) is 50.9 Å². The van der Waals surface area contributed by atoms with Gasteiger partial charge in [0, 0.05) is 0 Å². The molecule has 0 saturated carbocycles. The zero-order valence-corrected chi connectivity index (χ0v) is 19.7. The van der Waals surface area contributed by atoms with Crippen molar-refractivity contribution in [2.24, 2.45) is 0 Å². The number of nitrogens with zero attached hydrogens (tertiary/aromatic N) is 1. The molecule has 1 heterocycles. The first kappa shape index (κ1) is 23.3. The van der Waals surface area contributed by atoms with Crippen molar-refractivity contribution in [1.29, 1.82) is 0 Å². The van der Waals surface area contributed by atoms with E-state index >= 15 is 0 Å². The molecule has 0 aromatic heterocycles. The Bertz CT molecular complexity index is 1040. The summed E-state index contributed by atoms with van der Waals surface area (Å²) in [6.45, 7) is 5.45. The van der Waals surface area contributed by atoms with E-state index in [0.717, 1.165) is 10.5 Å². The van der Waals surface area contributed by atoms with Crippen LogP contribution in [0.2, 0.25) is 15.1 Å². The lowest BCUT2D eigenvalue weighted by molar-refractivity contribution is -0.917. The van der Waals surface area contributed by atoms with E-state index in [4.69, 9.17) is 34.8 Å². The highest BCUT2D eigenvalue weighted by Gasteiger charge is 2.34. The molecule has 2 aromatic rings. The van der Waals surface area contributed by atoms with Crippen molar-refractivity contribution in [2.75, 3.05) is 31.5 Å². The standard InChI is InChI=1S/C20H22Cl3N3O3S/c1-13-3-5-15(6-4-13)30(28,29)26-9-7-25(8-10-26)14(2)20(27)24-19-12-17(22)16(21)11-18(19)23/h3-6,11-12,14H,7-10H2,1-2H3,(H,24,27)/p+1/t14-/m0/s1. The van der Waals surface area contributed by atoms with E-state index in [-0.39, 0.29) is 16.8 Å². The van der Waals surface area contributed by atoms with Crippen LogP contribution in [0.15, 0.2) is 41.3 Å². The van der Waals surface area contributed by atoms with Gasteiger partial charge in [-0.05, 0) is 38.1 Å². The number of halogens is 3. The van der Waals surface area contributed by atoms with Crippen molar-refractivity contribution in [1.82, 2.24) is 4.31 Å². The summed E-state index contributed by atoms with van der Waals surface area (Å²) in [6, 6.07) is 9.43. The lowest BCUT2D eigenvalue weighted by Crippen LogP contribution is -3.19. The largest absolute Gasteiger partial charge is 0.323 e. The molecule has 0 unspecified atom stereocenters. The van der Waals surface area contributed by atoms with Gasteiger partial charge in [0.2, 0.25) is 10.0 Å². The first-order valence-corrected chi connectivity index (χ1v) is 12.0. The average molecular weight is 492 g/mol. The Labute approximate surface area is 191 Å². The monoisotopic (exact) mass is 490 g/mol. The number of anilines is 1. The third-order valence-electron chi connectivity index (χ3n) is 5.30. The zero-order valence-electron chi connectivity index (χ0n) is 16.6. The summed E-state index contributed by atoms with van der Waals surface area (Å²) >= 11 is 18.1. The fourth-order valence-corrected chi connectivity index (χ4v) is 5.39. The average Bonchev–Trinajstić information content (AvgIpc) is 2.71. The normalized spacial score (nSPS) is 17.0. The van der Waals surface area contributed by atoms with E-state index < -0.39 is 10.0 Å². The molecule has 1 aliphatic rings. The fraction of sp³-hybridized carbons (Fsp3) is 0.350. The topological polar surface area (TPSA) is 70.9 Å². The molecular weight excluding hydrogens is 469 g/mol. The number of rotatable bonds is 5. The maximum Gasteiger partial charge on any atom is 0.282 e. The van der Waals surface area contributed by atoms with Crippen molar-refractivity contribution in [3.05, 3.63) is 57.0 Å². The van der Waals surface area contributed by atoms with Crippen molar-refractivity contribution in [2.45, 2.75) is 24.8 Å². The molecule has 1 amide bonds. The third-order valence-corrected chi connectivity index (χ3v) is 8.24. The maximum absolute atomic E-state index is 12.8. The first-order valence-electron chi connectivity index (χ1n) is 9.46. The number of carbonyl (C=O) groups is 1. The van der Waals surface area contributed by atoms with Crippen molar-refractivity contribution in [3.63, 3.8) is 0 Å². The second-order valence-corrected chi connectivity index (χ2v) is 10.5. The third kappa shape index (κ3) is 5.10. The Morgan fingerprint density at radius 2 is 1.60 bits per heavy atom. The van der Waals surface area contributed by atoms with Crippen LogP contribution in [-0.2, 0) is 14.8 Å². The number of quaternary nitrogens is 1. The molecule has 0 bridgehead atoms. The minimum absolute atomic E-state index is 0.222. The SMILES string of the molecule is Cc1ccc(S(=O)(=O)N2CC[NH+]([C@@H](C)C(=O)Nc3cc(Cl)c(Cl)cc3Cl)CC2)cc1. The van der Waals surface area contributed by atoms with Gasteiger partial charge in [-0.2, -0.15) is 4.31 Å². The minimum atomic E-state index is -3.54. The van der Waals surface area contributed by atoms with E-state index in [1.807, 2.05) is 6.92 Å². The zero-order chi connectivity index (χ0) is 22.1. The number of amides is 1. The van der Waals surface area contributed by atoms with E-state index in [2.05, 4.69) is 5.32 Å². The molecule has 3 rings (SSSR count). The number of piperazine rings is 1. The highest BCUT2D eigenvalue weighted by molar-refractivity contribution is 7.89. The molecule has 162 valence electrons. The molecule has 10 heteroatoms. The Morgan fingerprint density at radius 3 is 2.20 bits per heavy atom. The van der Waals surface area contributed by atoms with Crippen LogP contribution in [0.25, 0.3) is 0 Å².